The molecule has 0 saturated heterocycles. The van der Waals surface area contributed by atoms with E-state index in [-0.39, 0.29) is 0 Å². The van der Waals surface area contributed by atoms with Crippen LogP contribution in [0, 0.1) is 12.8 Å². The summed E-state index contributed by atoms with van der Waals surface area (Å²) in [5.41, 5.74) is 0. The van der Waals surface area contributed by atoms with Gasteiger partial charge in [-0.2, -0.15) is 0 Å². The molecule has 0 amide bonds. The number of hydrogen-bond donors (Lipinski definition) is 0. The number of allylic oxidation sites excluding steroid dienone is 1. The van der Waals surface area contributed by atoms with Crippen LogP contribution in [0.4, 0.5) is 0 Å². The molecule has 0 aliphatic heterocycles. The normalized spacial score (nSPS) is 13.0. The van der Waals surface area contributed by atoms with Crippen molar-refractivity contribution in [3.8, 4) is 0 Å². The lowest BCUT2D eigenvalue weighted by atomic mass is 10.0. The second kappa shape index (κ2) is 6.85. The molecular formula is C10H19. The summed E-state index contributed by atoms with van der Waals surface area (Å²) in [6, 6.07) is 0. The van der Waals surface area contributed by atoms with E-state index in [2.05, 4.69) is 20.4 Å². The molecule has 0 aliphatic carbocycles. The van der Waals surface area contributed by atoms with Crippen LogP contribution in [0.1, 0.15) is 39.0 Å². The van der Waals surface area contributed by atoms with Crippen LogP contribution < -0.4 is 0 Å². The summed E-state index contributed by atoms with van der Waals surface area (Å²) in [5.74, 6) is 0.469. The van der Waals surface area contributed by atoms with Crippen LogP contribution >= 0.6 is 0 Å². The monoisotopic (exact) mass is 139 g/mol. The van der Waals surface area contributed by atoms with E-state index >= 15 is 0 Å². The van der Waals surface area contributed by atoms with Gasteiger partial charge < -0.3 is 0 Å². The predicted molar refractivity (Wildman–Crippen MR) is 47.8 cm³/mol. The molecule has 0 aliphatic rings. The van der Waals surface area contributed by atoms with Gasteiger partial charge in [0.15, 0.2) is 0 Å². The molecule has 0 spiro atoms. The highest BCUT2D eigenvalue weighted by atomic mass is 14.0. The Morgan fingerprint density at radius 3 is 2.50 bits per heavy atom. The Hall–Kier alpha value is -0.260. The Morgan fingerprint density at radius 2 is 2.00 bits per heavy atom. The summed E-state index contributed by atoms with van der Waals surface area (Å²) >= 11 is 0. The summed E-state index contributed by atoms with van der Waals surface area (Å²) < 4.78 is 0. The average Bonchev–Trinajstić information content (AvgIpc) is 1.98. The van der Waals surface area contributed by atoms with Gasteiger partial charge in [-0.3, -0.25) is 0 Å². The zero-order valence-corrected chi connectivity index (χ0v) is 7.10. The zero-order valence-electron chi connectivity index (χ0n) is 7.10. The summed E-state index contributed by atoms with van der Waals surface area (Å²) in [6.45, 7) is 9.86. The lowest BCUT2D eigenvalue weighted by Gasteiger charge is -2.03. The van der Waals surface area contributed by atoms with Crippen molar-refractivity contribution in [1.29, 1.82) is 0 Å². The summed E-state index contributed by atoms with van der Waals surface area (Å²) in [6.07, 6.45) is 8.50. The largest absolute Gasteiger partial charge is 0.103 e. The maximum Gasteiger partial charge on any atom is -0.0236 e. The second-order valence-electron chi connectivity index (χ2n) is 2.85. The van der Waals surface area contributed by atoms with Gasteiger partial charge in [0, 0.05) is 0 Å². The van der Waals surface area contributed by atoms with Crippen LogP contribution in [0.5, 0.6) is 0 Å². The molecule has 0 saturated carbocycles. The molecule has 0 N–H and O–H groups in total. The van der Waals surface area contributed by atoms with Gasteiger partial charge in [0.05, 0.1) is 0 Å². The van der Waals surface area contributed by atoms with Gasteiger partial charge in [0.2, 0.25) is 0 Å². The molecule has 0 bridgehead atoms. The first-order chi connectivity index (χ1) is 4.81. The van der Waals surface area contributed by atoms with Crippen molar-refractivity contribution in [2.24, 2.45) is 5.92 Å². The Bertz CT molecular complexity index is 74.1. The van der Waals surface area contributed by atoms with E-state index in [0.29, 0.717) is 5.92 Å². The van der Waals surface area contributed by atoms with Crippen molar-refractivity contribution in [3.05, 3.63) is 19.6 Å². The standard InChI is InChI=1S/C10H19/c1-4-6-7-8-9-10(3)5-2/h5,10H,2-4,6-9H2,1H3. The highest BCUT2D eigenvalue weighted by Gasteiger charge is 1.94. The highest BCUT2D eigenvalue weighted by Crippen LogP contribution is 2.09. The molecule has 1 unspecified atom stereocenters. The van der Waals surface area contributed by atoms with E-state index < -0.39 is 0 Å². The second-order valence-corrected chi connectivity index (χ2v) is 2.85. The van der Waals surface area contributed by atoms with Crippen LogP contribution in [0.15, 0.2) is 12.7 Å². The number of hydrogen-bond acceptors (Lipinski definition) is 0. The van der Waals surface area contributed by atoms with Gasteiger partial charge in [-0.05, 0) is 19.3 Å². The minimum atomic E-state index is 0.469. The zero-order chi connectivity index (χ0) is 7.82. The fourth-order valence-corrected chi connectivity index (χ4v) is 0.951. The Morgan fingerprint density at radius 1 is 1.30 bits per heavy atom. The van der Waals surface area contributed by atoms with Gasteiger partial charge in [-0.15, -0.1) is 6.58 Å². The van der Waals surface area contributed by atoms with Crippen molar-refractivity contribution in [2.75, 3.05) is 0 Å². The van der Waals surface area contributed by atoms with E-state index in [4.69, 9.17) is 0 Å². The molecule has 0 aromatic rings. The molecule has 0 rings (SSSR count). The van der Waals surface area contributed by atoms with E-state index in [1.165, 1.54) is 32.1 Å². The third-order valence-corrected chi connectivity index (χ3v) is 1.76. The topological polar surface area (TPSA) is 0 Å². The molecular weight excluding hydrogens is 120 g/mol. The quantitative estimate of drug-likeness (QED) is 0.389. The first-order valence-corrected chi connectivity index (χ1v) is 4.27. The molecule has 59 valence electrons. The number of rotatable bonds is 6. The Kier molecular flexibility index (Phi) is 6.68. The van der Waals surface area contributed by atoms with Crippen LogP contribution in [-0.2, 0) is 0 Å². The molecule has 0 heteroatoms. The van der Waals surface area contributed by atoms with Gasteiger partial charge in [-0.1, -0.05) is 38.7 Å². The highest BCUT2D eigenvalue weighted by molar-refractivity contribution is 4.80. The van der Waals surface area contributed by atoms with Crippen molar-refractivity contribution in [1.82, 2.24) is 0 Å². The van der Waals surface area contributed by atoms with Crippen LogP contribution in [0.2, 0.25) is 0 Å². The first kappa shape index (κ1) is 9.74. The molecule has 0 nitrogen and oxygen atoms in total. The summed E-state index contributed by atoms with van der Waals surface area (Å²) in [7, 11) is 0. The SMILES string of the molecule is [CH2]C(C=C)CCCCCC. The summed E-state index contributed by atoms with van der Waals surface area (Å²) in [4.78, 5) is 0. The molecule has 0 aromatic heterocycles. The molecule has 0 aromatic carbocycles. The fourth-order valence-electron chi connectivity index (χ4n) is 0.951. The lowest BCUT2D eigenvalue weighted by molar-refractivity contribution is 0.589. The van der Waals surface area contributed by atoms with Crippen LogP contribution in [-0.4, -0.2) is 0 Å². The smallest absolute Gasteiger partial charge is 0.0236 e. The van der Waals surface area contributed by atoms with Gasteiger partial charge in [0.1, 0.15) is 0 Å². The van der Waals surface area contributed by atoms with Gasteiger partial charge in [0.25, 0.3) is 0 Å². The summed E-state index contributed by atoms with van der Waals surface area (Å²) in [5, 5.41) is 0. The van der Waals surface area contributed by atoms with Crippen molar-refractivity contribution in [2.45, 2.75) is 39.0 Å². The van der Waals surface area contributed by atoms with E-state index in [9.17, 15) is 0 Å². The number of unbranched alkanes of at least 4 members (excludes halogenated alkanes) is 3. The molecule has 10 heavy (non-hydrogen) atoms. The van der Waals surface area contributed by atoms with Crippen LogP contribution in [0.3, 0.4) is 0 Å². The van der Waals surface area contributed by atoms with Crippen LogP contribution in [0.25, 0.3) is 0 Å². The average molecular weight is 139 g/mol. The van der Waals surface area contributed by atoms with E-state index in [1.807, 2.05) is 6.08 Å². The minimum absolute atomic E-state index is 0.469. The van der Waals surface area contributed by atoms with Crippen molar-refractivity contribution in [3.63, 3.8) is 0 Å². The third kappa shape index (κ3) is 5.87. The molecule has 0 fully saturated rings. The van der Waals surface area contributed by atoms with Gasteiger partial charge in [-0.25, -0.2) is 0 Å². The fraction of sp³-hybridized carbons (Fsp3) is 0.700. The Balaban J connectivity index is 2.95. The van der Waals surface area contributed by atoms with Crippen molar-refractivity contribution >= 4 is 0 Å². The third-order valence-electron chi connectivity index (χ3n) is 1.76. The molecule has 1 radical (unpaired) electrons. The minimum Gasteiger partial charge on any atom is -0.103 e. The van der Waals surface area contributed by atoms with Crippen molar-refractivity contribution < 1.29 is 0 Å². The van der Waals surface area contributed by atoms with E-state index in [1.54, 1.807) is 0 Å². The maximum atomic E-state index is 3.94. The maximum absolute atomic E-state index is 3.94. The first-order valence-electron chi connectivity index (χ1n) is 4.27. The van der Waals surface area contributed by atoms with Gasteiger partial charge >= 0.3 is 0 Å². The Labute approximate surface area is 65.3 Å². The van der Waals surface area contributed by atoms with E-state index in [0.717, 1.165) is 0 Å². The predicted octanol–water partition coefficient (Wildman–Crippen LogP) is 3.59. The lowest BCUT2D eigenvalue weighted by Crippen LogP contribution is -1.88. The molecule has 1 atom stereocenters. The molecule has 0 heterocycles.